The molecule has 2 atom stereocenters. The van der Waals surface area contributed by atoms with Gasteiger partial charge < -0.3 is 10.1 Å². The molecule has 0 fully saturated rings. The molecular weight excluding hydrogens is 342 g/mol. The predicted molar refractivity (Wildman–Crippen MR) is 108 cm³/mol. The van der Waals surface area contributed by atoms with Gasteiger partial charge in [-0.05, 0) is 52.8 Å². The van der Waals surface area contributed by atoms with Crippen molar-refractivity contribution in [2.45, 2.75) is 62.8 Å². The van der Waals surface area contributed by atoms with Crippen LogP contribution in [0.1, 0.15) is 49.9 Å². The Morgan fingerprint density at radius 3 is 2.50 bits per heavy atom. The van der Waals surface area contributed by atoms with Crippen LogP contribution in [0.4, 0.5) is 0 Å². The SMILES string of the molecule is Cc1ccc(S[C@H](C)C(=O)N[C@H]2CC(C)(C)Oc3ccc(C)cc32)cc1. The van der Waals surface area contributed by atoms with Crippen LogP contribution in [-0.2, 0) is 4.79 Å². The van der Waals surface area contributed by atoms with Gasteiger partial charge in [0.05, 0.1) is 11.3 Å². The molecule has 4 heteroatoms. The van der Waals surface area contributed by atoms with Crippen LogP contribution in [0.2, 0.25) is 0 Å². The van der Waals surface area contributed by atoms with Crippen LogP contribution in [0.25, 0.3) is 0 Å². The highest BCUT2D eigenvalue weighted by atomic mass is 32.2. The molecule has 0 saturated carbocycles. The number of hydrogen-bond acceptors (Lipinski definition) is 3. The van der Waals surface area contributed by atoms with Gasteiger partial charge in [0.15, 0.2) is 0 Å². The number of hydrogen-bond donors (Lipinski definition) is 1. The van der Waals surface area contributed by atoms with Crippen LogP contribution in [0.5, 0.6) is 5.75 Å². The van der Waals surface area contributed by atoms with Crippen molar-refractivity contribution in [1.82, 2.24) is 5.32 Å². The highest BCUT2D eigenvalue weighted by Gasteiger charge is 2.35. The van der Waals surface area contributed by atoms with Gasteiger partial charge in [-0.3, -0.25) is 4.79 Å². The maximum absolute atomic E-state index is 12.8. The van der Waals surface area contributed by atoms with E-state index in [0.717, 1.165) is 22.6 Å². The lowest BCUT2D eigenvalue weighted by Crippen LogP contribution is -2.43. The Morgan fingerprint density at radius 2 is 1.81 bits per heavy atom. The average Bonchev–Trinajstić information content (AvgIpc) is 2.57. The summed E-state index contributed by atoms with van der Waals surface area (Å²) in [7, 11) is 0. The molecule has 0 aromatic heterocycles. The average molecular weight is 370 g/mol. The van der Waals surface area contributed by atoms with Gasteiger partial charge in [-0.25, -0.2) is 0 Å². The summed E-state index contributed by atoms with van der Waals surface area (Å²) < 4.78 is 6.10. The van der Waals surface area contributed by atoms with Crippen LogP contribution in [-0.4, -0.2) is 16.8 Å². The van der Waals surface area contributed by atoms with Gasteiger partial charge in [-0.2, -0.15) is 0 Å². The number of carbonyl (C=O) groups excluding carboxylic acids is 1. The minimum Gasteiger partial charge on any atom is -0.487 e. The molecule has 0 aliphatic carbocycles. The molecule has 1 amide bonds. The lowest BCUT2D eigenvalue weighted by atomic mass is 9.89. The molecule has 0 spiro atoms. The molecule has 138 valence electrons. The summed E-state index contributed by atoms with van der Waals surface area (Å²) in [4.78, 5) is 13.9. The number of thioether (sulfide) groups is 1. The predicted octanol–water partition coefficient (Wildman–Crippen LogP) is 5.20. The molecule has 1 N–H and O–H groups in total. The molecule has 3 rings (SSSR count). The molecule has 1 heterocycles. The lowest BCUT2D eigenvalue weighted by Gasteiger charge is -2.38. The maximum atomic E-state index is 12.8. The zero-order valence-corrected chi connectivity index (χ0v) is 16.9. The van der Waals surface area contributed by atoms with Gasteiger partial charge in [0, 0.05) is 16.9 Å². The van der Waals surface area contributed by atoms with E-state index in [0.29, 0.717) is 0 Å². The monoisotopic (exact) mass is 369 g/mol. The van der Waals surface area contributed by atoms with E-state index in [1.807, 2.05) is 13.0 Å². The molecule has 1 aliphatic rings. The van der Waals surface area contributed by atoms with E-state index < -0.39 is 0 Å². The number of rotatable bonds is 4. The second-order valence-electron chi connectivity index (χ2n) is 7.74. The van der Waals surface area contributed by atoms with Crippen molar-refractivity contribution >= 4 is 17.7 Å². The molecule has 1 aliphatic heterocycles. The van der Waals surface area contributed by atoms with Crippen molar-refractivity contribution in [2.75, 3.05) is 0 Å². The summed E-state index contributed by atoms with van der Waals surface area (Å²) in [5.74, 6) is 0.932. The zero-order chi connectivity index (χ0) is 18.9. The van der Waals surface area contributed by atoms with E-state index in [4.69, 9.17) is 4.74 Å². The van der Waals surface area contributed by atoms with Gasteiger partial charge in [0.1, 0.15) is 11.4 Å². The fourth-order valence-corrected chi connectivity index (χ4v) is 4.14. The highest BCUT2D eigenvalue weighted by Crippen LogP contribution is 2.40. The molecule has 0 radical (unpaired) electrons. The van der Waals surface area contributed by atoms with E-state index in [1.165, 1.54) is 11.1 Å². The Morgan fingerprint density at radius 1 is 1.15 bits per heavy atom. The third-order valence-electron chi connectivity index (χ3n) is 4.64. The first kappa shape index (κ1) is 18.8. The second-order valence-corrected chi connectivity index (χ2v) is 9.16. The summed E-state index contributed by atoms with van der Waals surface area (Å²) in [6.45, 7) is 10.2. The molecule has 2 aromatic rings. The Balaban J connectivity index is 1.74. The number of aryl methyl sites for hydroxylation is 2. The largest absolute Gasteiger partial charge is 0.487 e. The summed E-state index contributed by atoms with van der Waals surface area (Å²) in [6.07, 6.45) is 0.761. The van der Waals surface area contributed by atoms with Crippen LogP contribution in [0.15, 0.2) is 47.4 Å². The van der Waals surface area contributed by atoms with Crippen molar-refractivity contribution in [3.05, 3.63) is 59.2 Å². The van der Waals surface area contributed by atoms with Gasteiger partial charge in [-0.1, -0.05) is 35.4 Å². The lowest BCUT2D eigenvalue weighted by molar-refractivity contribution is -0.121. The number of amides is 1. The molecule has 0 unspecified atom stereocenters. The Labute approximate surface area is 160 Å². The maximum Gasteiger partial charge on any atom is 0.233 e. The number of fused-ring (bicyclic) bond motifs is 1. The minimum atomic E-state index is -0.298. The first-order chi connectivity index (χ1) is 12.2. The quantitative estimate of drug-likeness (QED) is 0.753. The number of benzene rings is 2. The fourth-order valence-electron chi connectivity index (χ4n) is 3.27. The number of carbonyl (C=O) groups is 1. The topological polar surface area (TPSA) is 38.3 Å². The number of nitrogens with one attached hydrogen (secondary N) is 1. The second kappa shape index (κ2) is 7.36. The summed E-state index contributed by atoms with van der Waals surface area (Å²) >= 11 is 1.59. The van der Waals surface area contributed by atoms with Gasteiger partial charge in [0.2, 0.25) is 5.91 Å². The Bertz CT molecular complexity index is 798. The normalized spacial score (nSPS) is 19.2. The van der Waals surface area contributed by atoms with Crippen molar-refractivity contribution in [1.29, 1.82) is 0 Å². The van der Waals surface area contributed by atoms with Crippen LogP contribution in [0, 0.1) is 13.8 Å². The molecule has 3 nitrogen and oxygen atoms in total. The van der Waals surface area contributed by atoms with E-state index in [9.17, 15) is 4.79 Å². The van der Waals surface area contributed by atoms with Gasteiger partial charge in [0.25, 0.3) is 0 Å². The number of ether oxygens (including phenoxy) is 1. The van der Waals surface area contributed by atoms with Crippen molar-refractivity contribution in [2.24, 2.45) is 0 Å². The Kier molecular flexibility index (Phi) is 5.33. The summed E-state index contributed by atoms with van der Waals surface area (Å²) in [6, 6.07) is 14.4. The van der Waals surface area contributed by atoms with E-state index in [1.54, 1.807) is 11.8 Å². The smallest absolute Gasteiger partial charge is 0.233 e. The van der Waals surface area contributed by atoms with Gasteiger partial charge >= 0.3 is 0 Å². The minimum absolute atomic E-state index is 0.0257. The summed E-state index contributed by atoms with van der Waals surface area (Å²) in [5.41, 5.74) is 3.18. The van der Waals surface area contributed by atoms with E-state index in [2.05, 4.69) is 69.4 Å². The van der Waals surface area contributed by atoms with Crippen molar-refractivity contribution in [3.8, 4) is 5.75 Å². The Hall–Kier alpha value is -1.94. The first-order valence-corrected chi connectivity index (χ1v) is 9.95. The van der Waals surface area contributed by atoms with Crippen molar-refractivity contribution < 1.29 is 9.53 Å². The fraction of sp³-hybridized carbons (Fsp3) is 0.409. The third-order valence-corrected chi connectivity index (χ3v) is 5.75. The molecular formula is C22H27NO2S. The third kappa shape index (κ3) is 4.42. The zero-order valence-electron chi connectivity index (χ0n) is 16.1. The summed E-state index contributed by atoms with van der Waals surface area (Å²) in [5, 5.41) is 3.09. The van der Waals surface area contributed by atoms with Crippen molar-refractivity contribution in [3.63, 3.8) is 0 Å². The van der Waals surface area contributed by atoms with Gasteiger partial charge in [-0.15, -0.1) is 11.8 Å². The first-order valence-electron chi connectivity index (χ1n) is 9.07. The molecule has 0 bridgehead atoms. The van der Waals surface area contributed by atoms with E-state index >= 15 is 0 Å². The van der Waals surface area contributed by atoms with Crippen LogP contribution < -0.4 is 10.1 Å². The van der Waals surface area contributed by atoms with Crippen LogP contribution >= 0.6 is 11.8 Å². The molecule has 0 saturated heterocycles. The van der Waals surface area contributed by atoms with Crippen LogP contribution in [0.3, 0.4) is 0 Å². The standard InChI is InChI=1S/C22H27NO2S/c1-14-6-9-17(10-7-14)26-16(3)21(24)23-19-13-22(4,5)25-20-11-8-15(2)12-18(19)20/h6-12,16,19H,13H2,1-5H3,(H,23,24)/t16-,19+/m1/s1. The molecule has 26 heavy (non-hydrogen) atoms. The molecule has 2 aromatic carbocycles. The van der Waals surface area contributed by atoms with E-state index in [-0.39, 0.29) is 22.8 Å². The highest BCUT2D eigenvalue weighted by molar-refractivity contribution is 8.00.